The number of pyridine rings is 1. The van der Waals surface area contributed by atoms with E-state index in [1.807, 2.05) is 35.9 Å². The van der Waals surface area contributed by atoms with E-state index in [-0.39, 0.29) is 5.91 Å². The lowest BCUT2D eigenvalue weighted by Crippen LogP contribution is -2.23. The van der Waals surface area contributed by atoms with Gasteiger partial charge >= 0.3 is 0 Å². The van der Waals surface area contributed by atoms with Crippen molar-refractivity contribution in [1.82, 2.24) is 14.7 Å². The number of imidazole rings is 1. The summed E-state index contributed by atoms with van der Waals surface area (Å²) < 4.78 is 12.9. The van der Waals surface area contributed by atoms with Crippen molar-refractivity contribution in [3.05, 3.63) is 59.5 Å². The van der Waals surface area contributed by atoms with Gasteiger partial charge in [0.25, 0.3) is 5.91 Å². The number of nitrogens with zero attached hydrogens (tertiary/aromatic N) is 2. The zero-order valence-corrected chi connectivity index (χ0v) is 13.3. The third-order valence-electron chi connectivity index (χ3n) is 3.96. The number of carbonyl (C=O) groups is 1. The molecular weight excluding hydrogens is 306 g/mol. The number of aromatic nitrogens is 2. The van der Waals surface area contributed by atoms with Gasteiger partial charge in [-0.05, 0) is 36.8 Å². The van der Waals surface area contributed by atoms with E-state index in [1.54, 1.807) is 18.2 Å². The Morgan fingerprint density at radius 2 is 2.08 bits per heavy atom. The standard InChI is InChI=1S/C18H17N3O3/c1-12-3-2-6-21-11-14(20-17(12)21)10-19-18(22)13-4-5-15-16(9-13)24-8-7-23-15/h2-6,9,11H,7-8,10H2,1H3,(H,19,22). The molecule has 24 heavy (non-hydrogen) atoms. The van der Waals surface area contributed by atoms with Gasteiger partial charge in [0.2, 0.25) is 0 Å². The van der Waals surface area contributed by atoms with Crippen molar-refractivity contribution in [3.63, 3.8) is 0 Å². The molecule has 6 nitrogen and oxygen atoms in total. The largest absolute Gasteiger partial charge is 0.486 e. The normalized spacial score (nSPS) is 13.0. The van der Waals surface area contributed by atoms with E-state index >= 15 is 0 Å². The van der Waals surface area contributed by atoms with Gasteiger partial charge < -0.3 is 19.2 Å². The van der Waals surface area contributed by atoms with Gasteiger partial charge in [-0.1, -0.05) is 6.07 Å². The Hall–Kier alpha value is -3.02. The monoisotopic (exact) mass is 323 g/mol. The van der Waals surface area contributed by atoms with Gasteiger partial charge in [0.1, 0.15) is 18.9 Å². The smallest absolute Gasteiger partial charge is 0.251 e. The molecule has 0 unspecified atom stereocenters. The molecule has 2 aromatic heterocycles. The van der Waals surface area contributed by atoms with Gasteiger partial charge in [-0.3, -0.25) is 4.79 Å². The van der Waals surface area contributed by atoms with Crippen LogP contribution in [0.2, 0.25) is 0 Å². The molecule has 1 aromatic carbocycles. The molecule has 0 radical (unpaired) electrons. The molecule has 0 saturated heterocycles. The minimum atomic E-state index is -0.166. The first kappa shape index (κ1) is 14.6. The molecule has 3 aromatic rings. The maximum absolute atomic E-state index is 12.3. The molecule has 0 saturated carbocycles. The maximum atomic E-state index is 12.3. The lowest BCUT2D eigenvalue weighted by Gasteiger charge is -2.18. The number of nitrogens with one attached hydrogen (secondary N) is 1. The predicted octanol–water partition coefficient (Wildman–Crippen LogP) is 2.34. The van der Waals surface area contributed by atoms with Gasteiger partial charge in [0, 0.05) is 18.0 Å². The van der Waals surface area contributed by atoms with Gasteiger partial charge in [-0.15, -0.1) is 0 Å². The van der Waals surface area contributed by atoms with Crippen LogP contribution in [0.15, 0.2) is 42.7 Å². The molecule has 1 aliphatic rings. The SMILES string of the molecule is Cc1cccn2cc(CNC(=O)c3ccc4c(c3)OCCO4)nc12. The Balaban J connectivity index is 1.48. The fourth-order valence-electron chi connectivity index (χ4n) is 2.75. The predicted molar refractivity (Wildman–Crippen MR) is 88.5 cm³/mol. The van der Waals surface area contributed by atoms with Crippen molar-refractivity contribution in [2.24, 2.45) is 0 Å². The van der Waals surface area contributed by atoms with Crippen LogP contribution in [0.25, 0.3) is 5.65 Å². The fraction of sp³-hybridized carbons (Fsp3) is 0.222. The van der Waals surface area contributed by atoms with Crippen molar-refractivity contribution in [1.29, 1.82) is 0 Å². The maximum Gasteiger partial charge on any atom is 0.251 e. The highest BCUT2D eigenvalue weighted by molar-refractivity contribution is 5.94. The molecule has 0 fully saturated rings. The molecule has 1 N–H and O–H groups in total. The lowest BCUT2D eigenvalue weighted by molar-refractivity contribution is 0.0949. The van der Waals surface area contributed by atoms with E-state index in [0.717, 1.165) is 16.9 Å². The summed E-state index contributed by atoms with van der Waals surface area (Å²) in [5.74, 6) is 1.12. The number of ether oxygens (including phenoxy) is 2. The minimum Gasteiger partial charge on any atom is -0.486 e. The van der Waals surface area contributed by atoms with Crippen molar-refractivity contribution in [3.8, 4) is 11.5 Å². The van der Waals surface area contributed by atoms with E-state index in [9.17, 15) is 4.79 Å². The number of benzene rings is 1. The van der Waals surface area contributed by atoms with Crippen molar-refractivity contribution in [2.45, 2.75) is 13.5 Å². The zero-order chi connectivity index (χ0) is 16.5. The van der Waals surface area contributed by atoms with Crippen LogP contribution in [0.4, 0.5) is 0 Å². The molecule has 122 valence electrons. The Labute approximate surface area is 139 Å². The quantitative estimate of drug-likeness (QED) is 0.803. The number of rotatable bonds is 3. The Morgan fingerprint density at radius 3 is 2.92 bits per heavy atom. The van der Waals surface area contributed by atoms with Gasteiger partial charge in [0.05, 0.1) is 12.2 Å². The topological polar surface area (TPSA) is 64.9 Å². The van der Waals surface area contributed by atoms with Crippen LogP contribution in [0.3, 0.4) is 0 Å². The van der Waals surface area contributed by atoms with E-state index in [4.69, 9.17) is 9.47 Å². The number of hydrogen-bond donors (Lipinski definition) is 1. The average molecular weight is 323 g/mol. The first-order chi connectivity index (χ1) is 11.7. The summed E-state index contributed by atoms with van der Waals surface area (Å²) >= 11 is 0. The van der Waals surface area contributed by atoms with Crippen molar-refractivity contribution < 1.29 is 14.3 Å². The fourth-order valence-corrected chi connectivity index (χ4v) is 2.75. The number of fused-ring (bicyclic) bond motifs is 2. The summed E-state index contributed by atoms with van der Waals surface area (Å²) in [5, 5.41) is 2.89. The van der Waals surface area contributed by atoms with E-state index in [0.29, 0.717) is 36.8 Å². The van der Waals surface area contributed by atoms with Crippen LogP contribution in [-0.4, -0.2) is 28.5 Å². The molecule has 0 bridgehead atoms. The average Bonchev–Trinajstić information content (AvgIpc) is 3.04. The summed E-state index contributed by atoms with van der Waals surface area (Å²) in [5.41, 5.74) is 3.36. The van der Waals surface area contributed by atoms with E-state index in [1.165, 1.54) is 0 Å². The second-order valence-electron chi connectivity index (χ2n) is 5.70. The van der Waals surface area contributed by atoms with Crippen molar-refractivity contribution in [2.75, 3.05) is 13.2 Å². The molecule has 1 aliphatic heterocycles. The number of aryl methyl sites for hydroxylation is 1. The van der Waals surface area contributed by atoms with Crippen LogP contribution >= 0.6 is 0 Å². The second-order valence-corrected chi connectivity index (χ2v) is 5.70. The summed E-state index contributed by atoms with van der Waals surface area (Å²) in [4.78, 5) is 16.9. The molecule has 1 amide bonds. The highest BCUT2D eigenvalue weighted by Crippen LogP contribution is 2.30. The zero-order valence-electron chi connectivity index (χ0n) is 13.3. The molecule has 0 aliphatic carbocycles. The highest BCUT2D eigenvalue weighted by Gasteiger charge is 2.15. The number of hydrogen-bond acceptors (Lipinski definition) is 4. The van der Waals surface area contributed by atoms with E-state index in [2.05, 4.69) is 10.3 Å². The molecule has 4 rings (SSSR count). The summed E-state index contributed by atoms with van der Waals surface area (Å²) in [6, 6.07) is 9.19. The first-order valence-electron chi connectivity index (χ1n) is 7.82. The van der Waals surface area contributed by atoms with Crippen LogP contribution < -0.4 is 14.8 Å². The molecule has 6 heteroatoms. The van der Waals surface area contributed by atoms with Gasteiger partial charge in [-0.25, -0.2) is 4.98 Å². The summed E-state index contributed by atoms with van der Waals surface area (Å²) in [6.45, 7) is 3.42. The summed E-state index contributed by atoms with van der Waals surface area (Å²) in [7, 11) is 0. The summed E-state index contributed by atoms with van der Waals surface area (Å²) in [6.07, 6.45) is 3.87. The van der Waals surface area contributed by atoms with Gasteiger partial charge in [0.15, 0.2) is 11.5 Å². The molecule has 0 spiro atoms. The Morgan fingerprint density at radius 1 is 1.25 bits per heavy atom. The van der Waals surface area contributed by atoms with Crippen LogP contribution in [0, 0.1) is 6.92 Å². The minimum absolute atomic E-state index is 0.166. The molecule has 3 heterocycles. The van der Waals surface area contributed by atoms with E-state index < -0.39 is 0 Å². The van der Waals surface area contributed by atoms with Crippen LogP contribution in [0.5, 0.6) is 11.5 Å². The van der Waals surface area contributed by atoms with Crippen LogP contribution in [0.1, 0.15) is 21.6 Å². The van der Waals surface area contributed by atoms with Crippen LogP contribution in [-0.2, 0) is 6.54 Å². The lowest BCUT2D eigenvalue weighted by atomic mass is 10.2. The molecular formula is C18H17N3O3. The molecule has 0 atom stereocenters. The van der Waals surface area contributed by atoms with Crippen molar-refractivity contribution >= 4 is 11.6 Å². The third-order valence-corrected chi connectivity index (χ3v) is 3.96. The third kappa shape index (κ3) is 2.67. The van der Waals surface area contributed by atoms with Gasteiger partial charge in [-0.2, -0.15) is 0 Å². The highest BCUT2D eigenvalue weighted by atomic mass is 16.6. The number of amides is 1. The second kappa shape index (κ2) is 5.88. The Bertz CT molecular complexity index is 917. The number of carbonyl (C=O) groups excluding carboxylic acids is 1. The Kier molecular flexibility index (Phi) is 3.57. The first-order valence-corrected chi connectivity index (χ1v) is 7.82.